The first-order valence-corrected chi connectivity index (χ1v) is 21.1. The number of rotatable bonds is 37. The van der Waals surface area contributed by atoms with E-state index < -0.39 is 6.10 Å². The minimum atomic E-state index is -0.788. The van der Waals surface area contributed by atoms with Gasteiger partial charge in [0.05, 0.1) is 0 Å². The Morgan fingerprint density at radius 2 is 0.765 bits per heavy atom. The van der Waals surface area contributed by atoms with Crippen molar-refractivity contribution in [2.45, 2.75) is 207 Å². The Hall–Kier alpha value is -2.63. The van der Waals surface area contributed by atoms with Gasteiger partial charge in [-0.05, 0) is 96.3 Å². The second-order valence-electron chi connectivity index (χ2n) is 13.9. The molecule has 1 atom stereocenters. The predicted octanol–water partition coefficient (Wildman–Crippen LogP) is 13.2. The van der Waals surface area contributed by atoms with Gasteiger partial charge in [-0.2, -0.15) is 0 Å². The van der Waals surface area contributed by atoms with Crippen LogP contribution in [0.1, 0.15) is 201 Å². The largest absolute Gasteiger partial charge is 0.462 e. The molecule has 51 heavy (non-hydrogen) atoms. The fourth-order valence-electron chi connectivity index (χ4n) is 5.58. The number of unbranched alkanes of at least 4 members (excludes halogenated alkanes) is 18. The van der Waals surface area contributed by atoms with Crippen molar-refractivity contribution >= 4 is 17.9 Å². The molecule has 0 aliphatic heterocycles. The fourth-order valence-corrected chi connectivity index (χ4v) is 5.58. The van der Waals surface area contributed by atoms with Crippen LogP contribution < -0.4 is 0 Å². The van der Waals surface area contributed by atoms with Crippen LogP contribution in [0.4, 0.5) is 0 Å². The lowest BCUT2D eigenvalue weighted by Gasteiger charge is -2.18. The molecule has 0 rings (SSSR count). The lowest BCUT2D eigenvalue weighted by Crippen LogP contribution is -2.30. The third-order valence-corrected chi connectivity index (χ3v) is 8.79. The van der Waals surface area contributed by atoms with Gasteiger partial charge in [0.1, 0.15) is 13.2 Å². The molecule has 0 spiro atoms. The van der Waals surface area contributed by atoms with Crippen LogP contribution in [0.5, 0.6) is 0 Å². The molecule has 0 saturated heterocycles. The highest BCUT2D eigenvalue weighted by Gasteiger charge is 2.19. The first-order valence-electron chi connectivity index (χ1n) is 21.1. The second-order valence-corrected chi connectivity index (χ2v) is 13.9. The van der Waals surface area contributed by atoms with Crippen molar-refractivity contribution in [2.75, 3.05) is 13.2 Å². The summed E-state index contributed by atoms with van der Waals surface area (Å²) in [6, 6.07) is 0. The molecular weight excluding hydrogens is 636 g/mol. The van der Waals surface area contributed by atoms with Gasteiger partial charge in [0.15, 0.2) is 6.10 Å². The summed E-state index contributed by atoms with van der Waals surface area (Å²) in [5.74, 6) is -0.954. The Balaban J connectivity index is 4.43. The predicted molar refractivity (Wildman–Crippen MR) is 215 cm³/mol. The number of hydrogen-bond donors (Lipinski definition) is 0. The van der Waals surface area contributed by atoms with Crippen LogP contribution in [0.3, 0.4) is 0 Å². The maximum Gasteiger partial charge on any atom is 0.306 e. The molecule has 294 valence electrons. The molecule has 6 heteroatoms. The molecule has 1 unspecified atom stereocenters. The van der Waals surface area contributed by atoms with Gasteiger partial charge in [0.25, 0.3) is 0 Å². The summed E-state index contributed by atoms with van der Waals surface area (Å²) in [5, 5.41) is 0. The van der Waals surface area contributed by atoms with Crippen LogP contribution in [0.2, 0.25) is 0 Å². The third kappa shape index (κ3) is 38.4. The minimum absolute atomic E-state index is 0.0916. The summed E-state index contributed by atoms with van der Waals surface area (Å²) in [4.78, 5) is 37.5. The normalized spacial score (nSPS) is 12.5. The van der Waals surface area contributed by atoms with Crippen LogP contribution in [0.15, 0.2) is 48.6 Å². The Labute approximate surface area is 314 Å². The second kappa shape index (κ2) is 40.1. The quantitative estimate of drug-likeness (QED) is 0.0276. The van der Waals surface area contributed by atoms with E-state index in [0.717, 1.165) is 89.9 Å². The monoisotopic (exact) mass is 715 g/mol. The van der Waals surface area contributed by atoms with E-state index in [2.05, 4.69) is 69.4 Å². The van der Waals surface area contributed by atoms with E-state index in [-0.39, 0.29) is 31.1 Å². The van der Waals surface area contributed by atoms with Gasteiger partial charge in [0.2, 0.25) is 0 Å². The highest BCUT2D eigenvalue weighted by molar-refractivity contribution is 5.71. The van der Waals surface area contributed by atoms with E-state index >= 15 is 0 Å². The van der Waals surface area contributed by atoms with Crippen LogP contribution in [-0.2, 0) is 28.6 Å². The molecule has 0 aliphatic carbocycles. The number of carbonyl (C=O) groups is 3. The first-order chi connectivity index (χ1) is 25.0. The molecule has 0 aromatic heterocycles. The molecule has 0 bridgehead atoms. The topological polar surface area (TPSA) is 78.9 Å². The van der Waals surface area contributed by atoms with Gasteiger partial charge in [-0.15, -0.1) is 0 Å². The van der Waals surface area contributed by atoms with Crippen LogP contribution in [0.25, 0.3) is 0 Å². The Morgan fingerprint density at radius 1 is 0.412 bits per heavy atom. The average Bonchev–Trinajstić information content (AvgIpc) is 3.12. The summed E-state index contributed by atoms with van der Waals surface area (Å²) in [7, 11) is 0. The van der Waals surface area contributed by atoms with Crippen molar-refractivity contribution < 1.29 is 28.6 Å². The maximum absolute atomic E-state index is 12.7. The molecule has 0 heterocycles. The third-order valence-electron chi connectivity index (χ3n) is 8.79. The van der Waals surface area contributed by atoms with Gasteiger partial charge in [-0.3, -0.25) is 14.4 Å². The molecule has 0 amide bonds. The number of ether oxygens (including phenoxy) is 3. The summed E-state index contributed by atoms with van der Waals surface area (Å²) >= 11 is 0. The van der Waals surface area contributed by atoms with Crippen molar-refractivity contribution in [2.24, 2.45) is 0 Å². The zero-order valence-corrected chi connectivity index (χ0v) is 33.4. The van der Waals surface area contributed by atoms with Crippen LogP contribution >= 0.6 is 0 Å². The van der Waals surface area contributed by atoms with E-state index in [1.807, 2.05) is 0 Å². The zero-order valence-electron chi connectivity index (χ0n) is 33.4. The first kappa shape index (κ1) is 48.4. The zero-order chi connectivity index (χ0) is 37.3. The minimum Gasteiger partial charge on any atom is -0.462 e. The lowest BCUT2D eigenvalue weighted by atomic mass is 10.1. The van der Waals surface area contributed by atoms with E-state index in [1.54, 1.807) is 0 Å². The van der Waals surface area contributed by atoms with E-state index in [4.69, 9.17) is 14.2 Å². The van der Waals surface area contributed by atoms with Gasteiger partial charge < -0.3 is 14.2 Å². The molecule has 0 aliphatic rings. The van der Waals surface area contributed by atoms with Crippen LogP contribution in [0, 0.1) is 0 Å². The summed E-state index contributed by atoms with van der Waals surface area (Å²) in [6.07, 6.45) is 45.3. The maximum atomic E-state index is 12.7. The van der Waals surface area contributed by atoms with Gasteiger partial charge in [-0.25, -0.2) is 0 Å². The molecule has 0 fully saturated rings. The van der Waals surface area contributed by atoms with Gasteiger partial charge in [-0.1, -0.05) is 134 Å². The molecule has 0 aromatic carbocycles. The van der Waals surface area contributed by atoms with Crippen molar-refractivity contribution in [3.63, 3.8) is 0 Å². The highest BCUT2D eigenvalue weighted by Crippen LogP contribution is 2.12. The number of carbonyl (C=O) groups excluding carboxylic acids is 3. The van der Waals surface area contributed by atoms with E-state index in [9.17, 15) is 14.4 Å². The standard InChI is InChI=1S/C45H78O6/c1-4-7-10-13-16-19-21-23-26-29-32-35-38-44(47)50-41-42(40-49-43(46)37-34-31-28-25-18-15-12-9-6-3)51-45(48)39-36-33-30-27-24-22-20-17-14-11-8-5-2/h9,12,16-20,25,42H,4-8,10-11,13-15,21-24,26-41H2,1-3H3/b12-9-,19-16-,20-17-,25-18-. The number of allylic oxidation sites excluding steroid dienone is 8. The molecule has 0 aromatic rings. The Morgan fingerprint density at radius 3 is 1.24 bits per heavy atom. The molecule has 6 nitrogen and oxygen atoms in total. The molecule has 0 radical (unpaired) electrons. The number of hydrogen-bond acceptors (Lipinski definition) is 6. The smallest absolute Gasteiger partial charge is 0.306 e. The van der Waals surface area contributed by atoms with Gasteiger partial charge in [0, 0.05) is 19.3 Å². The van der Waals surface area contributed by atoms with E-state index in [1.165, 1.54) is 70.6 Å². The summed E-state index contributed by atoms with van der Waals surface area (Å²) in [6.45, 7) is 6.39. The Kier molecular flexibility index (Phi) is 38.1. The Bertz CT molecular complexity index is 918. The molecule has 0 N–H and O–H groups in total. The summed E-state index contributed by atoms with van der Waals surface area (Å²) < 4.78 is 16.6. The van der Waals surface area contributed by atoms with Crippen LogP contribution in [-0.4, -0.2) is 37.2 Å². The SMILES string of the molecule is CC/C=C\C/C=C\CCCCC(=O)OCC(COC(=O)CCCCCCC/C=C\CCCCC)OC(=O)CCCCCCC/C=C\CCCCC. The fraction of sp³-hybridized carbons (Fsp3) is 0.756. The van der Waals surface area contributed by atoms with Crippen molar-refractivity contribution in [3.05, 3.63) is 48.6 Å². The van der Waals surface area contributed by atoms with Gasteiger partial charge >= 0.3 is 17.9 Å². The van der Waals surface area contributed by atoms with Crippen molar-refractivity contribution in [3.8, 4) is 0 Å². The summed E-state index contributed by atoms with van der Waals surface area (Å²) in [5.41, 5.74) is 0. The molecular formula is C45H78O6. The van der Waals surface area contributed by atoms with E-state index in [0.29, 0.717) is 19.3 Å². The van der Waals surface area contributed by atoms with Crippen molar-refractivity contribution in [1.82, 2.24) is 0 Å². The average molecular weight is 715 g/mol. The molecule has 0 saturated carbocycles. The number of esters is 3. The highest BCUT2D eigenvalue weighted by atomic mass is 16.6. The lowest BCUT2D eigenvalue weighted by molar-refractivity contribution is -0.167. The van der Waals surface area contributed by atoms with Crippen molar-refractivity contribution in [1.29, 1.82) is 0 Å².